The highest BCUT2D eigenvalue weighted by atomic mass is 16.7. The van der Waals surface area contributed by atoms with Crippen molar-refractivity contribution in [2.24, 2.45) is 112 Å². The minimum Gasteiger partial charge on any atom is -0.481 e. The number of aliphatic carboxylic acids is 2. The molecule has 0 aromatic rings. The van der Waals surface area contributed by atoms with E-state index in [0.717, 1.165) is 0 Å². The van der Waals surface area contributed by atoms with Crippen LogP contribution in [0.3, 0.4) is 0 Å². The monoisotopic (exact) mass is 874 g/mol. The number of aliphatic hydroxyl groups excluding tert-OH is 1. The molecule has 7 aliphatic rings. The average molecular weight is 875 g/mol. The van der Waals surface area contributed by atoms with E-state index >= 15 is 0 Å². The maximum absolute atomic E-state index is 14.6. The van der Waals surface area contributed by atoms with Gasteiger partial charge in [0.05, 0.1) is 59.2 Å². The largest absolute Gasteiger partial charge is 0.481 e. The maximum atomic E-state index is 14.6. The molecule has 3 N–H and O–H groups in total. The molecule has 62 heavy (non-hydrogen) atoms. The van der Waals surface area contributed by atoms with Crippen LogP contribution < -0.4 is 0 Å². The Labute approximate surface area is 362 Å². The van der Waals surface area contributed by atoms with Gasteiger partial charge in [0.15, 0.2) is 0 Å². The molecule has 346 valence electrons. The Morgan fingerprint density at radius 2 is 1.11 bits per heavy atom. The molecule has 21 unspecified atom stereocenters. The fraction of sp³-hybridized carbons (Fsp3) is 0.848. The first-order chi connectivity index (χ1) is 28.9. The molecule has 0 amide bonds. The zero-order chi connectivity index (χ0) is 45.7. The van der Waals surface area contributed by atoms with Gasteiger partial charge in [-0.1, -0.05) is 13.8 Å². The van der Waals surface area contributed by atoms with E-state index in [4.69, 9.17) is 28.4 Å². The van der Waals surface area contributed by atoms with Crippen molar-refractivity contribution in [1.82, 2.24) is 0 Å². The first kappa shape index (κ1) is 46.4. The highest BCUT2D eigenvalue weighted by Gasteiger charge is 2.74. The summed E-state index contributed by atoms with van der Waals surface area (Å²) in [4.78, 5) is 95.5. The maximum Gasteiger partial charge on any atom is 0.317 e. The van der Waals surface area contributed by atoms with E-state index in [1.807, 2.05) is 41.5 Å². The number of aliphatic hydroxyl groups is 1. The molecule has 7 fully saturated rings. The summed E-state index contributed by atoms with van der Waals surface area (Å²) in [5.41, 5.74) is -1.26. The lowest BCUT2D eigenvalue weighted by molar-refractivity contribution is -0.215. The fourth-order valence-corrected chi connectivity index (χ4v) is 15.0. The SMILES string of the molecule is CC(OC(=O)C1C2CC(C1C(=O)OC(C)OC(C)(C)C)C(C1C3CC(C(=O)OCCO)C(C3)C1C1C3CC(C(C(=O)O)C3C(=O)O)C1C1C(=O)OC(=O)C1C)C2C)OC(C)(C)C. The molecule has 1 heterocycles. The van der Waals surface area contributed by atoms with Crippen LogP contribution in [0.5, 0.6) is 0 Å². The number of cyclic esters (lactones) is 2. The van der Waals surface area contributed by atoms with Gasteiger partial charge in [-0.25, -0.2) is 0 Å². The van der Waals surface area contributed by atoms with Crippen molar-refractivity contribution in [3.8, 4) is 0 Å². The molecule has 16 heteroatoms. The molecular weight excluding hydrogens is 808 g/mol. The Morgan fingerprint density at radius 1 is 0.629 bits per heavy atom. The molecule has 0 aromatic carbocycles. The lowest BCUT2D eigenvalue weighted by atomic mass is 9.51. The van der Waals surface area contributed by atoms with Crippen molar-refractivity contribution in [3.63, 3.8) is 0 Å². The summed E-state index contributed by atoms with van der Waals surface area (Å²) in [5.74, 6) is -17.6. The van der Waals surface area contributed by atoms with Crippen molar-refractivity contribution in [1.29, 1.82) is 0 Å². The van der Waals surface area contributed by atoms with E-state index in [2.05, 4.69) is 6.92 Å². The fourth-order valence-electron chi connectivity index (χ4n) is 15.0. The van der Waals surface area contributed by atoms with Gasteiger partial charge in [0.2, 0.25) is 12.6 Å². The number of hydrogen-bond acceptors (Lipinski definition) is 14. The lowest BCUT2D eigenvalue weighted by Gasteiger charge is -2.52. The molecule has 0 aromatic heterocycles. The summed E-state index contributed by atoms with van der Waals surface area (Å²) in [6, 6.07) is 0. The van der Waals surface area contributed by atoms with Gasteiger partial charge in [-0.05, 0) is 152 Å². The Balaban J connectivity index is 1.31. The molecule has 21 atom stereocenters. The average Bonchev–Trinajstić information content (AvgIpc) is 4.00. The highest BCUT2D eigenvalue weighted by molar-refractivity contribution is 5.96. The minimum atomic E-state index is -1.30. The standard InChI is InChI=1S/C46H66O16/c1-17-22-15-25(37(44(56)59-20(4)62-46(8,9)10)36(22)43(55)58-19(3)61-45(5,6)7)28(17)30-21-13-23(24(14-21)41(53)57-12-11-47)31(30)33-27-16-26(34(38(48)49)35(27)39(50)51)32(33)29-18(2)40(52)60-42(29)54/h17-37,47H,11-16H2,1-10H3,(H,48,49)(H,50,51). The third-order valence-corrected chi connectivity index (χ3v) is 16.1. The van der Waals surface area contributed by atoms with Gasteiger partial charge in [0, 0.05) is 0 Å². The molecule has 0 spiro atoms. The van der Waals surface area contributed by atoms with Crippen LogP contribution in [-0.2, 0) is 62.0 Å². The van der Waals surface area contributed by atoms with Gasteiger partial charge >= 0.3 is 41.8 Å². The second-order valence-electron chi connectivity index (χ2n) is 21.6. The van der Waals surface area contributed by atoms with Crippen LogP contribution in [0.4, 0.5) is 0 Å². The molecule has 16 nitrogen and oxygen atoms in total. The van der Waals surface area contributed by atoms with Gasteiger partial charge in [0.1, 0.15) is 6.61 Å². The summed E-state index contributed by atoms with van der Waals surface area (Å²) >= 11 is 0. The highest BCUT2D eigenvalue weighted by Crippen LogP contribution is 2.74. The molecule has 1 aliphatic heterocycles. The lowest BCUT2D eigenvalue weighted by Crippen LogP contribution is -2.54. The molecule has 7 rings (SSSR count). The van der Waals surface area contributed by atoms with Gasteiger partial charge in [-0.3, -0.25) is 33.6 Å². The summed E-state index contributed by atoms with van der Waals surface area (Å²) in [6.45, 7) is 17.4. The van der Waals surface area contributed by atoms with Gasteiger partial charge in [-0.15, -0.1) is 0 Å². The summed E-state index contributed by atoms with van der Waals surface area (Å²) in [7, 11) is 0. The van der Waals surface area contributed by atoms with Crippen LogP contribution in [0.25, 0.3) is 0 Å². The normalized spacial score (nSPS) is 42.8. The van der Waals surface area contributed by atoms with Gasteiger partial charge in [-0.2, -0.15) is 0 Å². The Kier molecular flexibility index (Phi) is 12.5. The van der Waals surface area contributed by atoms with E-state index < -0.39 is 143 Å². The van der Waals surface area contributed by atoms with Crippen molar-refractivity contribution in [3.05, 3.63) is 0 Å². The van der Waals surface area contributed by atoms with Crippen LogP contribution in [0.1, 0.15) is 94.9 Å². The number of rotatable bonds is 14. The minimum absolute atomic E-state index is 0.109. The first-order valence-corrected chi connectivity index (χ1v) is 22.6. The van der Waals surface area contributed by atoms with E-state index in [-0.39, 0.29) is 55.1 Å². The van der Waals surface area contributed by atoms with Gasteiger partial charge in [0.25, 0.3) is 0 Å². The number of carbonyl (C=O) groups excluding carboxylic acids is 5. The Morgan fingerprint density at radius 3 is 1.60 bits per heavy atom. The van der Waals surface area contributed by atoms with Crippen LogP contribution in [-0.4, -0.2) is 94.1 Å². The molecule has 0 radical (unpaired) electrons. The van der Waals surface area contributed by atoms with Crippen molar-refractivity contribution < 1.29 is 77.3 Å². The molecule has 1 saturated heterocycles. The van der Waals surface area contributed by atoms with Crippen molar-refractivity contribution in [2.45, 2.75) is 119 Å². The first-order valence-electron chi connectivity index (χ1n) is 22.6. The summed E-state index contributed by atoms with van der Waals surface area (Å²) < 4.78 is 34.5. The number of esters is 5. The number of fused-ring (bicyclic) bond motifs is 6. The Hall–Kier alpha value is -3.63. The topological polar surface area (TPSA) is 236 Å². The van der Waals surface area contributed by atoms with E-state index in [1.165, 1.54) is 0 Å². The van der Waals surface area contributed by atoms with Gasteiger partial charge < -0.3 is 43.7 Å². The molecule has 6 saturated carbocycles. The van der Waals surface area contributed by atoms with E-state index in [9.17, 15) is 48.9 Å². The molecular formula is C46H66O16. The number of carboxylic acid groups (broad SMARTS) is 2. The number of ether oxygens (including phenoxy) is 6. The van der Waals surface area contributed by atoms with Crippen LogP contribution in [0.2, 0.25) is 0 Å². The number of carbonyl (C=O) groups is 7. The number of carboxylic acids is 2. The predicted molar refractivity (Wildman–Crippen MR) is 213 cm³/mol. The predicted octanol–water partition coefficient (Wildman–Crippen LogP) is 4.57. The summed E-state index contributed by atoms with van der Waals surface area (Å²) in [6.07, 6.45) is -0.133. The third-order valence-electron chi connectivity index (χ3n) is 16.1. The summed E-state index contributed by atoms with van der Waals surface area (Å²) in [5, 5.41) is 30.8. The quantitative estimate of drug-likeness (QED) is 0.0938. The zero-order valence-corrected chi connectivity index (χ0v) is 37.5. The van der Waals surface area contributed by atoms with Crippen LogP contribution in [0.15, 0.2) is 0 Å². The van der Waals surface area contributed by atoms with Crippen LogP contribution in [0, 0.1) is 112 Å². The molecule has 6 bridgehead atoms. The van der Waals surface area contributed by atoms with Crippen LogP contribution >= 0.6 is 0 Å². The van der Waals surface area contributed by atoms with E-state index in [1.54, 1.807) is 20.8 Å². The van der Waals surface area contributed by atoms with E-state index in [0.29, 0.717) is 19.3 Å². The third kappa shape index (κ3) is 8.07. The zero-order valence-electron chi connectivity index (χ0n) is 37.5. The number of hydrogen-bond donors (Lipinski definition) is 3. The van der Waals surface area contributed by atoms with Crippen molar-refractivity contribution in [2.75, 3.05) is 13.2 Å². The second-order valence-corrected chi connectivity index (χ2v) is 21.6. The second kappa shape index (κ2) is 16.7. The smallest absolute Gasteiger partial charge is 0.317 e. The molecule has 6 aliphatic carbocycles. The Bertz CT molecular complexity index is 1810. The van der Waals surface area contributed by atoms with Crippen molar-refractivity contribution >= 4 is 41.8 Å².